The van der Waals surface area contributed by atoms with Crippen LogP contribution in [0.2, 0.25) is 0 Å². The van der Waals surface area contributed by atoms with Crippen LogP contribution >= 0.6 is 0 Å². The zero-order valence-corrected chi connectivity index (χ0v) is 11.9. The number of ether oxygens (including phenoxy) is 1. The Morgan fingerprint density at radius 3 is 2.56 bits per heavy atom. The Morgan fingerprint density at radius 2 is 2.06 bits per heavy atom. The highest BCUT2D eigenvalue weighted by molar-refractivity contribution is 4.97. The lowest BCUT2D eigenvalue weighted by atomic mass is 9.88. The Bertz CT molecular complexity index is 357. The number of hydrogen-bond acceptors (Lipinski definition) is 5. The highest BCUT2D eigenvalue weighted by Crippen LogP contribution is 2.33. The molecule has 1 aromatic rings. The van der Waals surface area contributed by atoms with Gasteiger partial charge in [-0.15, -0.1) is 0 Å². The fourth-order valence-corrected chi connectivity index (χ4v) is 1.94. The van der Waals surface area contributed by atoms with Gasteiger partial charge in [0.05, 0.1) is 12.5 Å². The third kappa shape index (κ3) is 4.07. The molecule has 2 atom stereocenters. The Kier molecular flexibility index (Phi) is 5.28. The van der Waals surface area contributed by atoms with Gasteiger partial charge in [0, 0.05) is 7.11 Å². The van der Waals surface area contributed by atoms with Crippen LogP contribution in [0.25, 0.3) is 0 Å². The fraction of sp³-hybridized carbons (Fsp3) is 0.846. The van der Waals surface area contributed by atoms with Gasteiger partial charge >= 0.3 is 0 Å². The maximum atomic E-state index is 9.71. The summed E-state index contributed by atoms with van der Waals surface area (Å²) >= 11 is 0. The summed E-state index contributed by atoms with van der Waals surface area (Å²) in [5.74, 6) is 1.01. The van der Waals surface area contributed by atoms with Crippen molar-refractivity contribution in [2.24, 2.45) is 5.41 Å². The highest BCUT2D eigenvalue weighted by Gasteiger charge is 2.30. The molecule has 1 N–H and O–H groups in total. The Labute approximate surface area is 109 Å². The molecule has 0 saturated carbocycles. The van der Waals surface area contributed by atoms with E-state index >= 15 is 0 Å². The van der Waals surface area contributed by atoms with Crippen molar-refractivity contribution >= 4 is 0 Å². The maximum absolute atomic E-state index is 9.71. The monoisotopic (exact) mass is 256 g/mol. The minimum atomic E-state index is -0.418. The number of nitrogens with zero attached hydrogens (tertiary/aromatic N) is 2. The second-order valence-electron chi connectivity index (χ2n) is 5.67. The molecule has 0 aromatic carbocycles. The summed E-state index contributed by atoms with van der Waals surface area (Å²) in [6.45, 7) is 8.21. The summed E-state index contributed by atoms with van der Waals surface area (Å²) in [6, 6.07) is 0. The molecule has 1 heterocycles. The van der Waals surface area contributed by atoms with Crippen molar-refractivity contribution in [3.8, 4) is 0 Å². The predicted molar refractivity (Wildman–Crippen MR) is 68.1 cm³/mol. The third-order valence-electron chi connectivity index (χ3n) is 2.77. The Hall–Kier alpha value is -0.940. The molecule has 1 rings (SSSR count). The smallest absolute Gasteiger partial charge is 0.229 e. The number of aromatic nitrogens is 2. The van der Waals surface area contributed by atoms with Crippen molar-refractivity contribution in [1.82, 2.24) is 10.1 Å². The maximum Gasteiger partial charge on any atom is 0.229 e. The van der Waals surface area contributed by atoms with E-state index in [1.54, 1.807) is 7.11 Å². The van der Waals surface area contributed by atoms with Crippen molar-refractivity contribution in [2.45, 2.75) is 59.2 Å². The standard InChI is InChI=1S/C13H24N2O3/c1-6-7-9(16)8-10-14-12(15-18-10)11(17-5)13(2,3)4/h9,11,16H,6-8H2,1-5H3. The van der Waals surface area contributed by atoms with Gasteiger partial charge in [-0.3, -0.25) is 0 Å². The molecule has 1 aromatic heterocycles. The van der Waals surface area contributed by atoms with Crippen LogP contribution in [0.1, 0.15) is 58.4 Å². The molecule has 0 fully saturated rings. The first kappa shape index (κ1) is 15.1. The van der Waals surface area contributed by atoms with Crippen molar-refractivity contribution in [1.29, 1.82) is 0 Å². The quantitative estimate of drug-likeness (QED) is 0.847. The molecule has 18 heavy (non-hydrogen) atoms. The molecule has 2 unspecified atom stereocenters. The third-order valence-corrected chi connectivity index (χ3v) is 2.77. The molecule has 5 heteroatoms. The van der Waals surface area contributed by atoms with Crippen LogP contribution in [0.3, 0.4) is 0 Å². The average Bonchev–Trinajstić information content (AvgIpc) is 2.65. The second-order valence-corrected chi connectivity index (χ2v) is 5.67. The summed E-state index contributed by atoms with van der Waals surface area (Å²) in [5, 5.41) is 13.7. The van der Waals surface area contributed by atoms with E-state index in [0.717, 1.165) is 12.8 Å². The van der Waals surface area contributed by atoms with Crippen LogP contribution in [-0.4, -0.2) is 28.5 Å². The molecule has 0 aliphatic heterocycles. The molecule has 0 spiro atoms. The highest BCUT2D eigenvalue weighted by atomic mass is 16.5. The van der Waals surface area contributed by atoms with Gasteiger partial charge in [-0.25, -0.2) is 0 Å². The van der Waals surface area contributed by atoms with Gasteiger partial charge in [0.25, 0.3) is 0 Å². The van der Waals surface area contributed by atoms with Crippen molar-refractivity contribution in [2.75, 3.05) is 7.11 Å². The molecule has 0 radical (unpaired) electrons. The van der Waals surface area contributed by atoms with E-state index in [1.165, 1.54) is 0 Å². The number of aliphatic hydroxyl groups is 1. The average molecular weight is 256 g/mol. The van der Waals surface area contributed by atoms with Gasteiger partial charge in [0.1, 0.15) is 6.10 Å². The topological polar surface area (TPSA) is 68.4 Å². The van der Waals surface area contributed by atoms with E-state index in [1.807, 2.05) is 6.92 Å². The Balaban J connectivity index is 2.73. The lowest BCUT2D eigenvalue weighted by Crippen LogP contribution is -2.21. The van der Waals surface area contributed by atoms with Gasteiger partial charge < -0.3 is 14.4 Å². The zero-order valence-electron chi connectivity index (χ0n) is 11.9. The largest absolute Gasteiger partial charge is 0.393 e. The number of rotatable bonds is 6. The molecule has 0 aliphatic rings. The first-order chi connectivity index (χ1) is 8.38. The summed E-state index contributed by atoms with van der Waals surface area (Å²) in [6.07, 6.45) is 1.45. The van der Waals surface area contributed by atoms with E-state index in [4.69, 9.17) is 9.26 Å². The molecule has 5 nitrogen and oxygen atoms in total. The van der Waals surface area contributed by atoms with Crippen molar-refractivity contribution in [3.63, 3.8) is 0 Å². The fourth-order valence-electron chi connectivity index (χ4n) is 1.94. The Morgan fingerprint density at radius 1 is 1.39 bits per heavy atom. The van der Waals surface area contributed by atoms with Gasteiger partial charge in [-0.05, 0) is 11.8 Å². The minimum absolute atomic E-state index is 0.0993. The summed E-state index contributed by atoms with van der Waals surface area (Å²) in [4.78, 5) is 4.31. The lowest BCUT2D eigenvalue weighted by Gasteiger charge is -2.26. The molecule has 104 valence electrons. The number of aliphatic hydroxyl groups excluding tert-OH is 1. The van der Waals surface area contributed by atoms with E-state index < -0.39 is 6.10 Å². The number of hydrogen-bond donors (Lipinski definition) is 1. The summed E-state index contributed by atoms with van der Waals surface area (Å²) in [7, 11) is 1.64. The van der Waals surface area contributed by atoms with Crippen LogP contribution in [0, 0.1) is 5.41 Å². The minimum Gasteiger partial charge on any atom is -0.393 e. The molecule has 0 bridgehead atoms. The predicted octanol–water partition coefficient (Wildman–Crippen LogP) is 2.51. The van der Waals surface area contributed by atoms with Crippen molar-refractivity contribution < 1.29 is 14.4 Å². The van der Waals surface area contributed by atoms with Gasteiger partial charge in [0.2, 0.25) is 11.7 Å². The molecular weight excluding hydrogens is 232 g/mol. The van der Waals surface area contributed by atoms with Gasteiger partial charge in [-0.2, -0.15) is 4.98 Å². The second kappa shape index (κ2) is 6.29. The van der Waals surface area contributed by atoms with E-state index in [0.29, 0.717) is 18.1 Å². The first-order valence-electron chi connectivity index (χ1n) is 6.41. The van der Waals surface area contributed by atoms with Crippen LogP contribution in [0.4, 0.5) is 0 Å². The van der Waals surface area contributed by atoms with Crippen LogP contribution in [0.5, 0.6) is 0 Å². The molecule has 0 amide bonds. The summed E-state index contributed by atoms with van der Waals surface area (Å²) in [5.41, 5.74) is -0.0993. The summed E-state index contributed by atoms with van der Waals surface area (Å²) < 4.78 is 10.6. The van der Waals surface area contributed by atoms with E-state index in [2.05, 4.69) is 30.9 Å². The van der Waals surface area contributed by atoms with E-state index in [-0.39, 0.29) is 11.5 Å². The van der Waals surface area contributed by atoms with E-state index in [9.17, 15) is 5.11 Å². The lowest BCUT2D eigenvalue weighted by molar-refractivity contribution is 0.00718. The van der Waals surface area contributed by atoms with Gasteiger partial charge in [-0.1, -0.05) is 39.3 Å². The first-order valence-corrected chi connectivity index (χ1v) is 6.41. The van der Waals surface area contributed by atoms with Crippen LogP contribution in [0.15, 0.2) is 4.52 Å². The van der Waals surface area contributed by atoms with Crippen molar-refractivity contribution in [3.05, 3.63) is 11.7 Å². The van der Waals surface area contributed by atoms with Gasteiger partial charge in [0.15, 0.2) is 0 Å². The molecule has 0 aliphatic carbocycles. The van der Waals surface area contributed by atoms with Crippen LogP contribution in [-0.2, 0) is 11.2 Å². The van der Waals surface area contributed by atoms with Crippen LogP contribution < -0.4 is 0 Å². The SMILES string of the molecule is CCCC(O)Cc1nc(C(OC)C(C)(C)C)no1. The molecule has 0 saturated heterocycles. The zero-order chi connectivity index (χ0) is 13.8. The normalized spacial score (nSPS) is 15.7. The molecular formula is C13H24N2O3. The number of methoxy groups -OCH3 is 1.